The number of aromatic nitrogens is 2. The van der Waals surface area contributed by atoms with Crippen LogP contribution in [0.15, 0.2) is 78.9 Å². The Bertz CT molecular complexity index is 1100. The zero-order valence-electron chi connectivity index (χ0n) is 15.2. The van der Waals surface area contributed by atoms with Gasteiger partial charge >= 0.3 is 0 Å². The normalized spacial score (nSPS) is 18.2. The van der Waals surface area contributed by atoms with Crippen molar-refractivity contribution in [1.29, 1.82) is 0 Å². The molecule has 1 saturated heterocycles. The summed E-state index contributed by atoms with van der Waals surface area (Å²) in [5, 5.41) is 11.4. The number of ketones is 1. The molecule has 3 heterocycles. The van der Waals surface area contributed by atoms with Crippen LogP contribution in [0.5, 0.6) is 0 Å². The second-order valence-electron chi connectivity index (χ2n) is 6.57. The van der Waals surface area contributed by atoms with Gasteiger partial charge in [-0.25, -0.2) is 0 Å². The number of amides is 1. The van der Waals surface area contributed by atoms with Crippen LogP contribution in [0.4, 0.5) is 0 Å². The van der Waals surface area contributed by atoms with E-state index in [1.165, 1.54) is 4.90 Å². The van der Waals surface area contributed by atoms with E-state index in [0.29, 0.717) is 16.1 Å². The molecule has 3 aromatic rings. The summed E-state index contributed by atoms with van der Waals surface area (Å²) in [6, 6.07) is 12.8. The summed E-state index contributed by atoms with van der Waals surface area (Å²) in [6.07, 6.45) is 6.42. The van der Waals surface area contributed by atoms with E-state index in [1.54, 1.807) is 73.3 Å². The predicted octanol–water partition coefficient (Wildman–Crippen LogP) is 3.75. The molecule has 0 aliphatic carbocycles. The fraction of sp³-hybridized carbons (Fsp3) is 0.0909. The van der Waals surface area contributed by atoms with Gasteiger partial charge in [-0.15, -0.1) is 0 Å². The van der Waals surface area contributed by atoms with Crippen molar-refractivity contribution in [2.75, 3.05) is 0 Å². The van der Waals surface area contributed by atoms with Gasteiger partial charge in [-0.1, -0.05) is 23.7 Å². The molecule has 7 heteroatoms. The van der Waals surface area contributed by atoms with Crippen molar-refractivity contribution in [3.63, 3.8) is 0 Å². The Hall–Kier alpha value is -3.51. The molecule has 4 rings (SSSR count). The smallest absolute Gasteiger partial charge is 0.295 e. The summed E-state index contributed by atoms with van der Waals surface area (Å²) in [6.45, 7) is 0.201. The second-order valence-corrected chi connectivity index (χ2v) is 7.01. The molecule has 1 atom stereocenters. The number of Topliss-reactive ketones (excluding diaryl/α,β-unsaturated/α-hetero) is 1. The van der Waals surface area contributed by atoms with Crippen LogP contribution < -0.4 is 0 Å². The maximum absolute atomic E-state index is 12.9. The SMILES string of the molecule is O=C1C(=O)N(Cc2ccncc2)C(c2ccncc2)/C1=C(/O)c1cccc(Cl)c1. The highest BCUT2D eigenvalue weighted by atomic mass is 35.5. The standard InChI is InChI=1S/C22H16ClN3O3/c23-17-3-1-2-16(12-17)20(27)18-19(15-6-10-25-11-7-15)26(22(29)21(18)28)13-14-4-8-24-9-5-14/h1-12,19,27H,13H2/b20-18-. The summed E-state index contributed by atoms with van der Waals surface area (Å²) in [4.78, 5) is 35.2. The monoisotopic (exact) mass is 405 g/mol. The zero-order valence-corrected chi connectivity index (χ0v) is 16.0. The number of nitrogens with zero attached hydrogens (tertiary/aromatic N) is 3. The average Bonchev–Trinajstić information content (AvgIpc) is 2.99. The van der Waals surface area contributed by atoms with Crippen LogP contribution in [0.3, 0.4) is 0 Å². The number of carbonyl (C=O) groups excluding carboxylic acids is 2. The first-order valence-corrected chi connectivity index (χ1v) is 9.27. The molecule has 0 spiro atoms. The summed E-state index contributed by atoms with van der Waals surface area (Å²) < 4.78 is 0. The third-order valence-electron chi connectivity index (χ3n) is 4.76. The van der Waals surface area contributed by atoms with Crippen LogP contribution in [-0.4, -0.2) is 31.7 Å². The van der Waals surface area contributed by atoms with Crippen molar-refractivity contribution in [1.82, 2.24) is 14.9 Å². The largest absolute Gasteiger partial charge is 0.507 e. The summed E-state index contributed by atoms with van der Waals surface area (Å²) in [5.74, 6) is -1.67. The molecule has 0 radical (unpaired) electrons. The van der Waals surface area contributed by atoms with E-state index in [-0.39, 0.29) is 17.9 Å². The fourth-order valence-electron chi connectivity index (χ4n) is 3.41. The molecule has 1 aromatic carbocycles. The van der Waals surface area contributed by atoms with Crippen molar-refractivity contribution in [2.24, 2.45) is 0 Å². The molecule has 2 aromatic heterocycles. The number of likely N-dealkylation sites (tertiary alicyclic amines) is 1. The number of hydrogen-bond donors (Lipinski definition) is 1. The van der Waals surface area contributed by atoms with E-state index in [2.05, 4.69) is 9.97 Å². The number of aliphatic hydroxyl groups is 1. The highest BCUT2D eigenvalue weighted by Crippen LogP contribution is 2.40. The lowest BCUT2D eigenvalue weighted by Crippen LogP contribution is -2.29. The number of hydrogen-bond acceptors (Lipinski definition) is 5. The van der Waals surface area contributed by atoms with Gasteiger partial charge in [0.25, 0.3) is 11.7 Å². The molecular weight excluding hydrogens is 390 g/mol. The molecule has 1 aliphatic rings. The van der Waals surface area contributed by atoms with Crippen LogP contribution in [0.2, 0.25) is 5.02 Å². The third kappa shape index (κ3) is 3.62. The lowest BCUT2D eigenvalue weighted by atomic mass is 9.96. The average molecular weight is 406 g/mol. The zero-order chi connectivity index (χ0) is 20.4. The van der Waals surface area contributed by atoms with Crippen molar-refractivity contribution in [2.45, 2.75) is 12.6 Å². The number of benzene rings is 1. The molecule has 1 aliphatic heterocycles. The first-order chi connectivity index (χ1) is 14.1. The highest BCUT2D eigenvalue weighted by Gasteiger charge is 2.46. The van der Waals surface area contributed by atoms with E-state index in [1.807, 2.05) is 0 Å². The van der Waals surface area contributed by atoms with E-state index < -0.39 is 17.7 Å². The Morgan fingerprint density at radius 1 is 1.00 bits per heavy atom. The first kappa shape index (κ1) is 18.8. The van der Waals surface area contributed by atoms with Gasteiger partial charge in [0.2, 0.25) is 0 Å². The molecule has 6 nitrogen and oxygen atoms in total. The van der Waals surface area contributed by atoms with Gasteiger partial charge in [0.1, 0.15) is 5.76 Å². The molecule has 0 bridgehead atoms. The van der Waals surface area contributed by atoms with Crippen LogP contribution in [-0.2, 0) is 16.1 Å². The van der Waals surface area contributed by atoms with E-state index in [0.717, 1.165) is 5.56 Å². The van der Waals surface area contributed by atoms with Gasteiger partial charge in [-0.3, -0.25) is 19.6 Å². The van der Waals surface area contributed by atoms with E-state index >= 15 is 0 Å². The van der Waals surface area contributed by atoms with Crippen molar-refractivity contribution in [3.8, 4) is 0 Å². The number of rotatable bonds is 4. The van der Waals surface area contributed by atoms with Gasteiger partial charge in [-0.05, 0) is 47.5 Å². The third-order valence-corrected chi connectivity index (χ3v) is 5.00. The van der Waals surface area contributed by atoms with E-state index in [4.69, 9.17) is 11.6 Å². The van der Waals surface area contributed by atoms with Crippen molar-refractivity contribution in [3.05, 3.63) is 101 Å². The Morgan fingerprint density at radius 3 is 2.31 bits per heavy atom. The first-order valence-electron chi connectivity index (χ1n) is 8.89. The van der Waals surface area contributed by atoms with E-state index in [9.17, 15) is 14.7 Å². The Morgan fingerprint density at radius 2 is 1.66 bits per heavy atom. The van der Waals surface area contributed by atoms with Gasteiger partial charge in [0, 0.05) is 41.9 Å². The molecule has 0 saturated carbocycles. The fourth-order valence-corrected chi connectivity index (χ4v) is 3.60. The summed E-state index contributed by atoms with van der Waals surface area (Å²) >= 11 is 6.04. The maximum atomic E-state index is 12.9. The predicted molar refractivity (Wildman–Crippen MR) is 108 cm³/mol. The van der Waals surface area contributed by atoms with Gasteiger partial charge < -0.3 is 10.0 Å². The number of aliphatic hydroxyl groups excluding tert-OH is 1. The number of carbonyl (C=O) groups is 2. The molecule has 29 heavy (non-hydrogen) atoms. The van der Waals surface area contributed by atoms with Crippen LogP contribution >= 0.6 is 11.6 Å². The number of halogens is 1. The topological polar surface area (TPSA) is 83.4 Å². The van der Waals surface area contributed by atoms with Gasteiger partial charge in [-0.2, -0.15) is 0 Å². The Labute approximate surface area is 172 Å². The Balaban J connectivity index is 1.86. The van der Waals surface area contributed by atoms with Crippen molar-refractivity contribution >= 4 is 29.1 Å². The molecule has 1 fully saturated rings. The minimum atomic E-state index is -0.745. The van der Waals surface area contributed by atoms with Crippen LogP contribution in [0.1, 0.15) is 22.7 Å². The van der Waals surface area contributed by atoms with Gasteiger partial charge in [0.15, 0.2) is 0 Å². The molecule has 144 valence electrons. The molecule has 1 N–H and O–H groups in total. The minimum absolute atomic E-state index is 0.0255. The second kappa shape index (κ2) is 7.85. The highest BCUT2D eigenvalue weighted by molar-refractivity contribution is 6.46. The molecule has 1 unspecified atom stereocenters. The quantitative estimate of drug-likeness (QED) is 0.406. The minimum Gasteiger partial charge on any atom is -0.507 e. The summed E-state index contributed by atoms with van der Waals surface area (Å²) in [5.41, 5.74) is 1.90. The lowest BCUT2D eigenvalue weighted by Gasteiger charge is -2.25. The van der Waals surface area contributed by atoms with Gasteiger partial charge in [0.05, 0.1) is 11.6 Å². The number of pyridine rings is 2. The van der Waals surface area contributed by atoms with Crippen LogP contribution in [0.25, 0.3) is 5.76 Å². The maximum Gasteiger partial charge on any atom is 0.295 e. The summed E-state index contributed by atoms with van der Waals surface area (Å²) in [7, 11) is 0. The lowest BCUT2D eigenvalue weighted by molar-refractivity contribution is -0.140. The molecule has 1 amide bonds. The van der Waals surface area contributed by atoms with Crippen LogP contribution in [0, 0.1) is 0 Å². The Kier molecular flexibility index (Phi) is 5.10. The molecular formula is C22H16ClN3O3. The van der Waals surface area contributed by atoms with Crippen molar-refractivity contribution < 1.29 is 14.7 Å².